The van der Waals surface area contributed by atoms with E-state index in [0.29, 0.717) is 12.8 Å². The number of allylic oxidation sites excluding steroid dienone is 9. The van der Waals surface area contributed by atoms with E-state index in [-0.39, 0.29) is 19.4 Å². The van der Waals surface area contributed by atoms with Crippen LogP contribution < -0.4 is 5.32 Å². The lowest BCUT2D eigenvalue weighted by molar-refractivity contribution is -0.305. The maximum atomic E-state index is 13.4. The molecule has 0 aromatic rings. The maximum Gasteiger partial charge on any atom is 0.306 e. The Hall–Kier alpha value is -2.64. The molecule has 8 unspecified atom stereocenters. The molecule has 0 bridgehead atoms. The molecule has 1 heterocycles. The first-order valence-electron chi connectivity index (χ1n) is 34.1. The second-order valence-electron chi connectivity index (χ2n) is 23.5. The summed E-state index contributed by atoms with van der Waals surface area (Å²) in [6.45, 7) is 5.68. The number of hydrogen-bond acceptors (Lipinski definition) is 10. The van der Waals surface area contributed by atoms with Crippen LogP contribution in [0.25, 0.3) is 0 Å². The van der Waals surface area contributed by atoms with E-state index in [1.165, 1.54) is 186 Å². The second-order valence-corrected chi connectivity index (χ2v) is 23.5. The fraction of sp³-hybridized carbons (Fsp3) is 0.829. The summed E-state index contributed by atoms with van der Waals surface area (Å²) in [6.07, 6.45) is 62.8. The van der Waals surface area contributed by atoms with Crippen molar-refractivity contribution in [3.63, 3.8) is 0 Å². The van der Waals surface area contributed by atoms with Gasteiger partial charge in [0.05, 0.1) is 25.4 Å². The molecule has 472 valence electrons. The minimum absolute atomic E-state index is 0.122. The van der Waals surface area contributed by atoms with E-state index in [4.69, 9.17) is 14.2 Å². The van der Waals surface area contributed by atoms with Gasteiger partial charge >= 0.3 is 5.97 Å². The number of aliphatic hydroxyl groups is 5. The molecule has 0 spiro atoms. The molecule has 0 aliphatic carbocycles. The molecule has 0 aromatic carbocycles. The molecule has 1 aliphatic rings. The van der Waals surface area contributed by atoms with Crippen molar-refractivity contribution >= 4 is 11.9 Å². The minimum Gasteiger partial charge on any atom is -0.454 e. The molecule has 11 heteroatoms. The van der Waals surface area contributed by atoms with Crippen molar-refractivity contribution in [2.75, 3.05) is 13.2 Å². The molecule has 1 saturated heterocycles. The molecule has 0 saturated carbocycles. The van der Waals surface area contributed by atoms with Crippen LogP contribution in [0.5, 0.6) is 0 Å². The van der Waals surface area contributed by atoms with Gasteiger partial charge in [0.25, 0.3) is 0 Å². The summed E-state index contributed by atoms with van der Waals surface area (Å²) in [6, 6.07) is -1.04. The standard InChI is InChI=1S/C70H127NO10/c1-4-7-10-13-16-19-22-25-26-27-28-29-30-31-32-33-34-35-36-37-38-40-43-46-49-52-55-58-65(75)81-68-67(77)66(76)64(59-72)80-70(68)79-60-61(62(73)56-53-50-47-44-41-24-21-18-15-12-9-6-3)71-69(78)63(74)57-54-51-48-45-42-39-23-20-17-14-11-8-5-2/h8,11,17,20,25-26,39,42,53,56,61-64,66-68,70,72-74,76-77H,4-7,9-10,12-16,18-19,21-24,27-38,40-41,43-52,54-55,57-60H2,1-3H3,(H,71,78)/b11-8+,20-17+,26-25+,42-39+,56-53+. The van der Waals surface area contributed by atoms with E-state index in [2.05, 4.69) is 74.7 Å². The number of amides is 1. The molecule has 1 aliphatic heterocycles. The van der Waals surface area contributed by atoms with E-state index in [9.17, 15) is 35.1 Å². The van der Waals surface area contributed by atoms with Gasteiger partial charge in [-0.2, -0.15) is 0 Å². The Bertz CT molecular complexity index is 1550. The quantitative estimate of drug-likeness (QED) is 0.0195. The third kappa shape index (κ3) is 45.4. The normalized spacial score (nSPS) is 19.0. The molecule has 0 aromatic heterocycles. The zero-order valence-electron chi connectivity index (χ0n) is 52.4. The van der Waals surface area contributed by atoms with Crippen molar-refractivity contribution in [3.8, 4) is 0 Å². The number of carbonyl (C=O) groups excluding carboxylic acids is 2. The van der Waals surface area contributed by atoms with E-state index in [1.54, 1.807) is 6.08 Å². The topological polar surface area (TPSA) is 175 Å². The number of unbranched alkanes of at least 4 members (excludes halogenated alkanes) is 36. The number of ether oxygens (including phenoxy) is 3. The lowest BCUT2D eigenvalue weighted by atomic mass is 9.99. The Labute approximate surface area is 497 Å². The van der Waals surface area contributed by atoms with Crippen molar-refractivity contribution in [3.05, 3.63) is 60.8 Å². The summed E-state index contributed by atoms with van der Waals surface area (Å²) in [5, 5.41) is 57.0. The van der Waals surface area contributed by atoms with E-state index < -0.39 is 67.4 Å². The first-order chi connectivity index (χ1) is 39.7. The van der Waals surface area contributed by atoms with Gasteiger partial charge in [0.15, 0.2) is 12.4 Å². The van der Waals surface area contributed by atoms with E-state index in [1.807, 2.05) is 6.08 Å². The first-order valence-corrected chi connectivity index (χ1v) is 34.1. The van der Waals surface area contributed by atoms with Crippen LogP contribution in [0, 0.1) is 0 Å². The molecule has 11 nitrogen and oxygen atoms in total. The predicted octanol–water partition coefficient (Wildman–Crippen LogP) is 17.0. The summed E-state index contributed by atoms with van der Waals surface area (Å²) < 4.78 is 17.7. The van der Waals surface area contributed by atoms with Gasteiger partial charge in [0.1, 0.15) is 24.4 Å². The average Bonchev–Trinajstić information content (AvgIpc) is 3.50. The van der Waals surface area contributed by atoms with Gasteiger partial charge in [0.2, 0.25) is 5.91 Å². The van der Waals surface area contributed by atoms with Crippen LogP contribution in [0.2, 0.25) is 0 Å². The molecule has 1 fully saturated rings. The number of aliphatic hydroxyl groups excluding tert-OH is 5. The smallest absolute Gasteiger partial charge is 0.306 e. The second kappa shape index (κ2) is 57.8. The molecular weight excluding hydrogens is 1010 g/mol. The van der Waals surface area contributed by atoms with Crippen LogP contribution in [0.1, 0.15) is 310 Å². The van der Waals surface area contributed by atoms with E-state index in [0.717, 1.165) is 77.0 Å². The summed E-state index contributed by atoms with van der Waals surface area (Å²) in [7, 11) is 0. The molecule has 1 rings (SSSR count). The third-order valence-corrected chi connectivity index (χ3v) is 15.9. The molecule has 81 heavy (non-hydrogen) atoms. The van der Waals surface area contributed by atoms with Crippen LogP contribution >= 0.6 is 0 Å². The summed E-state index contributed by atoms with van der Waals surface area (Å²) >= 11 is 0. The number of nitrogens with one attached hydrogen (secondary N) is 1. The van der Waals surface area contributed by atoms with Crippen LogP contribution in [-0.4, -0.2) is 99.6 Å². The fourth-order valence-corrected chi connectivity index (χ4v) is 10.5. The lowest BCUT2D eigenvalue weighted by Crippen LogP contribution is -2.61. The molecule has 8 atom stereocenters. The Morgan fingerprint density at radius 3 is 1.35 bits per heavy atom. The number of esters is 1. The zero-order chi connectivity index (χ0) is 58.9. The van der Waals surface area contributed by atoms with Crippen LogP contribution in [0.3, 0.4) is 0 Å². The van der Waals surface area contributed by atoms with Crippen molar-refractivity contribution < 1.29 is 49.3 Å². The lowest BCUT2D eigenvalue weighted by Gasteiger charge is -2.41. The van der Waals surface area contributed by atoms with Crippen molar-refractivity contribution in [1.29, 1.82) is 0 Å². The van der Waals surface area contributed by atoms with Gasteiger partial charge < -0.3 is 45.1 Å². The predicted molar refractivity (Wildman–Crippen MR) is 338 cm³/mol. The van der Waals surface area contributed by atoms with Gasteiger partial charge in [-0.05, 0) is 83.5 Å². The first kappa shape index (κ1) is 76.4. The Morgan fingerprint density at radius 1 is 0.494 bits per heavy atom. The third-order valence-electron chi connectivity index (χ3n) is 15.9. The summed E-state index contributed by atoms with van der Waals surface area (Å²) in [5.74, 6) is -1.21. The SMILES string of the molecule is CC/C=C/C/C=C/C/C=C/CCCCCC(O)C(=O)NC(COC1OC(CO)C(O)C(O)C1OC(=O)CCCCCCCCCCCCCCCCCCC/C=C/CCCCCCCC)C(O)/C=C/CCCCCCCCCCCC. The van der Waals surface area contributed by atoms with Gasteiger partial charge in [-0.25, -0.2) is 0 Å². The highest BCUT2D eigenvalue weighted by atomic mass is 16.7. The number of rotatable bonds is 58. The highest BCUT2D eigenvalue weighted by Crippen LogP contribution is 2.26. The minimum atomic E-state index is -1.62. The van der Waals surface area contributed by atoms with Gasteiger partial charge in [-0.1, -0.05) is 281 Å². The zero-order valence-corrected chi connectivity index (χ0v) is 52.4. The summed E-state index contributed by atoms with van der Waals surface area (Å²) in [5.41, 5.74) is 0. The monoisotopic (exact) mass is 1140 g/mol. The van der Waals surface area contributed by atoms with Gasteiger partial charge in [-0.3, -0.25) is 9.59 Å². The van der Waals surface area contributed by atoms with Gasteiger partial charge in [0, 0.05) is 6.42 Å². The Morgan fingerprint density at radius 2 is 0.889 bits per heavy atom. The molecular formula is C70H127NO10. The molecule has 0 radical (unpaired) electrons. The van der Waals surface area contributed by atoms with Gasteiger partial charge in [-0.15, -0.1) is 0 Å². The fourth-order valence-electron chi connectivity index (χ4n) is 10.5. The van der Waals surface area contributed by atoms with Crippen LogP contribution in [0.15, 0.2) is 60.8 Å². The average molecular weight is 1140 g/mol. The Kier molecular flexibility index (Phi) is 54.5. The van der Waals surface area contributed by atoms with Crippen molar-refractivity contribution in [1.82, 2.24) is 5.32 Å². The highest BCUT2D eigenvalue weighted by molar-refractivity contribution is 5.80. The van der Waals surface area contributed by atoms with Crippen molar-refractivity contribution in [2.45, 2.75) is 359 Å². The van der Waals surface area contributed by atoms with E-state index >= 15 is 0 Å². The largest absolute Gasteiger partial charge is 0.454 e. The number of hydrogen-bond donors (Lipinski definition) is 6. The maximum absolute atomic E-state index is 13.4. The Balaban J connectivity index is 2.53. The van der Waals surface area contributed by atoms with Crippen LogP contribution in [-0.2, 0) is 23.8 Å². The van der Waals surface area contributed by atoms with Crippen LogP contribution in [0.4, 0.5) is 0 Å². The molecule has 6 N–H and O–H groups in total. The molecule has 1 amide bonds. The van der Waals surface area contributed by atoms with Crippen molar-refractivity contribution in [2.24, 2.45) is 0 Å². The number of carbonyl (C=O) groups is 2. The summed E-state index contributed by atoms with van der Waals surface area (Å²) in [4.78, 5) is 26.6. The highest BCUT2D eigenvalue weighted by Gasteiger charge is 2.47.